The fourth-order valence-electron chi connectivity index (χ4n) is 2.94. The Morgan fingerprint density at radius 3 is 2.15 bits per heavy atom. The van der Waals surface area contributed by atoms with E-state index in [0.29, 0.717) is 16.7 Å². The number of rotatable bonds is 8. The van der Waals surface area contributed by atoms with E-state index in [1.54, 1.807) is 25.1 Å². The van der Waals surface area contributed by atoms with Crippen LogP contribution in [0, 0.1) is 0 Å². The van der Waals surface area contributed by atoms with Crippen LogP contribution in [0.3, 0.4) is 0 Å². The van der Waals surface area contributed by atoms with E-state index >= 15 is 0 Å². The molecule has 0 heterocycles. The number of hydrogen-bond donors (Lipinski definition) is 2. The first kappa shape index (κ1) is 25.6. The number of oxime groups is 1. The first-order chi connectivity index (χ1) is 15.6. The molecule has 2 aromatic carbocycles. The first-order valence-electron chi connectivity index (χ1n) is 9.43. The predicted molar refractivity (Wildman–Crippen MR) is 114 cm³/mol. The van der Waals surface area contributed by atoms with Crippen LogP contribution < -0.4 is 11.2 Å². The fourth-order valence-corrected chi connectivity index (χ4v) is 2.94. The van der Waals surface area contributed by atoms with Gasteiger partial charge in [0.05, 0.1) is 5.56 Å². The standard InChI is InChI=1S/C22H22F3N3O5/c1-13(14-8-10-15(11-9-14)22(23,24)25)20(33-26)17-7-5-4-6-16(17)19(28-32-3)21(30)27-18(29)12-31-2/h4-11H,12,26H2,1-3H3,(H,27,29,30)/b20-13+,28-19+. The van der Waals surface area contributed by atoms with Gasteiger partial charge in [0.1, 0.15) is 13.7 Å². The number of imide groups is 1. The van der Waals surface area contributed by atoms with Gasteiger partial charge in [0.15, 0.2) is 11.5 Å². The zero-order valence-electron chi connectivity index (χ0n) is 18.0. The van der Waals surface area contributed by atoms with Crippen LogP contribution in [0.1, 0.15) is 29.2 Å². The van der Waals surface area contributed by atoms with Crippen LogP contribution in [0.4, 0.5) is 13.2 Å². The summed E-state index contributed by atoms with van der Waals surface area (Å²) in [5.74, 6) is 4.01. The molecule has 0 saturated carbocycles. The van der Waals surface area contributed by atoms with Gasteiger partial charge in [0.2, 0.25) is 0 Å². The summed E-state index contributed by atoms with van der Waals surface area (Å²) in [4.78, 5) is 34.3. The molecule has 0 fully saturated rings. The molecular formula is C22H22F3N3O5. The molecule has 176 valence electrons. The number of alkyl halides is 3. The highest BCUT2D eigenvalue weighted by atomic mass is 19.4. The summed E-state index contributed by atoms with van der Waals surface area (Å²) in [5, 5.41) is 5.84. The van der Waals surface area contributed by atoms with Crippen LogP contribution in [0.5, 0.6) is 0 Å². The van der Waals surface area contributed by atoms with E-state index in [-0.39, 0.29) is 23.6 Å². The van der Waals surface area contributed by atoms with E-state index in [2.05, 4.69) is 15.2 Å². The number of methoxy groups -OCH3 is 1. The summed E-state index contributed by atoms with van der Waals surface area (Å²) in [6, 6.07) is 10.8. The number of carbonyl (C=O) groups excluding carboxylic acids is 2. The maximum Gasteiger partial charge on any atom is 0.416 e. The van der Waals surface area contributed by atoms with Crippen molar-refractivity contribution in [2.45, 2.75) is 13.1 Å². The molecule has 0 spiro atoms. The minimum atomic E-state index is -4.48. The monoisotopic (exact) mass is 465 g/mol. The molecule has 0 aliphatic carbocycles. The van der Waals surface area contributed by atoms with Gasteiger partial charge in [0.25, 0.3) is 11.8 Å². The Labute approximate surface area is 187 Å². The van der Waals surface area contributed by atoms with E-state index in [1.807, 2.05) is 0 Å². The van der Waals surface area contributed by atoms with E-state index in [0.717, 1.165) is 12.1 Å². The van der Waals surface area contributed by atoms with E-state index in [9.17, 15) is 22.8 Å². The molecule has 2 rings (SSSR count). The lowest BCUT2D eigenvalue weighted by Crippen LogP contribution is -2.38. The molecule has 0 aliphatic rings. The first-order valence-corrected chi connectivity index (χ1v) is 9.43. The number of halogens is 3. The van der Waals surface area contributed by atoms with Crippen molar-refractivity contribution in [2.75, 3.05) is 20.8 Å². The minimum absolute atomic E-state index is 0.0742. The Morgan fingerprint density at radius 2 is 1.64 bits per heavy atom. The smallest absolute Gasteiger partial charge is 0.411 e. The Balaban J connectivity index is 2.56. The Morgan fingerprint density at radius 1 is 1.03 bits per heavy atom. The molecule has 0 bridgehead atoms. The van der Waals surface area contributed by atoms with Crippen molar-refractivity contribution in [3.8, 4) is 0 Å². The maximum absolute atomic E-state index is 12.9. The Hall–Kier alpha value is -3.70. The van der Waals surface area contributed by atoms with E-state index < -0.39 is 23.6 Å². The number of allylic oxidation sites excluding steroid dienone is 1. The second-order valence-electron chi connectivity index (χ2n) is 6.63. The number of carbonyl (C=O) groups is 2. The van der Waals surface area contributed by atoms with Gasteiger partial charge in [-0.05, 0) is 24.6 Å². The van der Waals surface area contributed by atoms with Crippen LogP contribution in [0.25, 0.3) is 11.3 Å². The summed E-state index contributed by atoms with van der Waals surface area (Å²) in [5.41, 5.74) is 0.236. The normalized spacial score (nSPS) is 12.6. The van der Waals surface area contributed by atoms with Crippen molar-refractivity contribution >= 4 is 28.9 Å². The summed E-state index contributed by atoms with van der Waals surface area (Å²) >= 11 is 0. The number of nitrogens with zero attached hydrogens (tertiary/aromatic N) is 1. The van der Waals surface area contributed by atoms with Crippen LogP contribution in [-0.2, 0) is 30.2 Å². The van der Waals surface area contributed by atoms with Gasteiger partial charge in [-0.2, -0.15) is 19.1 Å². The molecule has 0 saturated heterocycles. The maximum atomic E-state index is 12.9. The molecule has 0 aliphatic heterocycles. The number of nitrogens with two attached hydrogens (primary N) is 1. The molecule has 11 heteroatoms. The van der Waals surface area contributed by atoms with Gasteiger partial charge < -0.3 is 14.4 Å². The average Bonchev–Trinajstić information content (AvgIpc) is 2.78. The van der Waals surface area contributed by atoms with Gasteiger partial charge in [-0.1, -0.05) is 41.6 Å². The van der Waals surface area contributed by atoms with Crippen molar-refractivity contribution in [3.63, 3.8) is 0 Å². The molecule has 0 radical (unpaired) electrons. The van der Waals surface area contributed by atoms with Crippen LogP contribution in [0.15, 0.2) is 53.7 Å². The molecule has 0 atom stereocenters. The van der Waals surface area contributed by atoms with Crippen molar-refractivity contribution in [1.29, 1.82) is 0 Å². The number of nitrogens with one attached hydrogen (secondary N) is 1. The highest BCUT2D eigenvalue weighted by Gasteiger charge is 2.30. The van der Waals surface area contributed by atoms with Gasteiger partial charge in [-0.15, -0.1) is 0 Å². The van der Waals surface area contributed by atoms with Crippen LogP contribution in [0.2, 0.25) is 0 Å². The zero-order chi connectivity index (χ0) is 24.6. The van der Waals surface area contributed by atoms with Gasteiger partial charge in [-0.25, -0.2) is 0 Å². The third-order valence-corrected chi connectivity index (χ3v) is 4.46. The van der Waals surface area contributed by atoms with Crippen molar-refractivity contribution < 1.29 is 37.2 Å². The van der Waals surface area contributed by atoms with Crippen LogP contribution in [-0.4, -0.2) is 38.4 Å². The molecule has 2 amide bonds. The topological polar surface area (TPSA) is 112 Å². The number of amides is 2. The molecule has 33 heavy (non-hydrogen) atoms. The van der Waals surface area contributed by atoms with Crippen LogP contribution >= 0.6 is 0 Å². The quantitative estimate of drug-likeness (QED) is 0.268. The lowest BCUT2D eigenvalue weighted by molar-refractivity contribution is -0.137. The molecule has 0 unspecified atom stereocenters. The summed E-state index contributed by atoms with van der Waals surface area (Å²) in [7, 11) is 2.51. The van der Waals surface area contributed by atoms with Crippen molar-refractivity contribution in [2.24, 2.45) is 11.1 Å². The second-order valence-corrected chi connectivity index (χ2v) is 6.63. The van der Waals surface area contributed by atoms with Crippen molar-refractivity contribution in [1.82, 2.24) is 5.32 Å². The minimum Gasteiger partial charge on any atom is -0.411 e. The lowest BCUT2D eigenvalue weighted by Gasteiger charge is -2.16. The number of benzene rings is 2. The zero-order valence-corrected chi connectivity index (χ0v) is 18.0. The Bertz CT molecular complexity index is 1060. The third-order valence-electron chi connectivity index (χ3n) is 4.46. The summed E-state index contributed by atoms with van der Waals surface area (Å²) < 4.78 is 43.4. The average molecular weight is 465 g/mol. The van der Waals surface area contributed by atoms with E-state index in [1.165, 1.54) is 32.4 Å². The van der Waals surface area contributed by atoms with Gasteiger partial charge in [0, 0.05) is 23.8 Å². The second kappa shape index (κ2) is 11.2. The number of ether oxygens (including phenoxy) is 1. The predicted octanol–water partition coefficient (Wildman–Crippen LogP) is 3.12. The SMILES string of the molecule is COCC(=O)NC(=O)/C(=N/OC)c1ccccc1/C(ON)=C(/C)c1ccc(C(F)(F)F)cc1. The molecular weight excluding hydrogens is 443 g/mol. The van der Waals surface area contributed by atoms with E-state index in [4.69, 9.17) is 15.6 Å². The Kier molecular flexibility index (Phi) is 8.71. The van der Waals surface area contributed by atoms with Gasteiger partial charge in [-0.3, -0.25) is 14.9 Å². The fraction of sp³-hybridized carbons (Fsp3) is 0.227. The highest BCUT2D eigenvalue weighted by molar-refractivity contribution is 6.47. The van der Waals surface area contributed by atoms with Gasteiger partial charge >= 0.3 is 6.18 Å². The third kappa shape index (κ3) is 6.40. The molecule has 3 N–H and O–H groups in total. The summed E-state index contributed by atoms with van der Waals surface area (Å²) in [6.07, 6.45) is -4.48. The molecule has 2 aromatic rings. The van der Waals surface area contributed by atoms with Crippen molar-refractivity contribution in [3.05, 3.63) is 70.8 Å². The largest absolute Gasteiger partial charge is 0.416 e. The highest BCUT2D eigenvalue weighted by Crippen LogP contribution is 2.32. The molecule has 8 nitrogen and oxygen atoms in total. The molecule has 0 aromatic heterocycles. The number of hydrogen-bond acceptors (Lipinski definition) is 7. The summed E-state index contributed by atoms with van der Waals surface area (Å²) in [6.45, 7) is 1.24. The lowest BCUT2D eigenvalue weighted by atomic mass is 9.96.